The molecule has 1 aromatic heterocycles. The van der Waals surface area contributed by atoms with Crippen molar-refractivity contribution in [2.24, 2.45) is 5.41 Å². The van der Waals surface area contributed by atoms with Crippen molar-refractivity contribution in [3.63, 3.8) is 0 Å². The molecule has 1 fully saturated rings. The van der Waals surface area contributed by atoms with E-state index in [1.54, 1.807) is 0 Å². The second-order valence-electron chi connectivity index (χ2n) is 5.82. The lowest BCUT2D eigenvalue weighted by Gasteiger charge is -2.42. The first-order chi connectivity index (χ1) is 9.90. The van der Waals surface area contributed by atoms with Crippen LogP contribution < -0.4 is 0 Å². The van der Waals surface area contributed by atoms with Crippen molar-refractivity contribution < 1.29 is 15.0 Å². The first-order valence-corrected chi connectivity index (χ1v) is 7.61. The van der Waals surface area contributed by atoms with Gasteiger partial charge in [0.25, 0.3) is 0 Å². The highest BCUT2D eigenvalue weighted by Crippen LogP contribution is 2.37. The fourth-order valence-electron chi connectivity index (χ4n) is 3.06. The predicted molar refractivity (Wildman–Crippen MR) is 79.2 cm³/mol. The first-order valence-electron chi connectivity index (χ1n) is 7.24. The number of β-amino-alcohol motifs (C(OH)–C–C–N with tert-alkyl or cyclic N) is 1. The van der Waals surface area contributed by atoms with Gasteiger partial charge in [-0.2, -0.15) is 5.10 Å². The number of likely N-dealkylation sites (tertiary alicyclic amines) is 1. The third-order valence-corrected chi connectivity index (χ3v) is 4.88. The van der Waals surface area contributed by atoms with Crippen molar-refractivity contribution in [3.05, 3.63) is 16.4 Å². The van der Waals surface area contributed by atoms with Gasteiger partial charge in [-0.15, -0.1) is 0 Å². The largest absolute Gasteiger partial charge is 0.481 e. The molecule has 2 rings (SSSR count). The molecule has 0 aromatic carbocycles. The number of hydrogen-bond acceptors (Lipinski definition) is 4. The Kier molecular flexibility index (Phi) is 4.91. The predicted octanol–water partition coefficient (Wildman–Crippen LogP) is 1.81. The molecule has 2 atom stereocenters. The van der Waals surface area contributed by atoms with Gasteiger partial charge in [-0.25, -0.2) is 0 Å². The maximum Gasteiger partial charge on any atom is 0.312 e. The number of H-pyrrole nitrogens is 1. The smallest absolute Gasteiger partial charge is 0.312 e. The minimum atomic E-state index is -1.02. The third-order valence-electron chi connectivity index (χ3n) is 4.38. The van der Waals surface area contributed by atoms with Crippen molar-refractivity contribution in [1.82, 2.24) is 15.1 Å². The van der Waals surface area contributed by atoms with E-state index in [2.05, 4.69) is 10.2 Å². The molecule has 7 heteroatoms. The number of aromatic amines is 1. The summed E-state index contributed by atoms with van der Waals surface area (Å²) in [5.41, 5.74) is 0.533. The van der Waals surface area contributed by atoms with Crippen molar-refractivity contribution in [2.45, 2.75) is 45.8 Å². The molecular formula is C14H22ClN3O3. The highest BCUT2D eigenvalue weighted by molar-refractivity contribution is 6.31. The summed E-state index contributed by atoms with van der Waals surface area (Å²) in [4.78, 5) is 13.6. The number of aromatic nitrogens is 2. The van der Waals surface area contributed by atoms with Crippen molar-refractivity contribution >= 4 is 17.6 Å². The standard InChI is InChI=1S/C14H22ClN3O3/c1-3-4-14(13(20)21)5-6-18(8-11(14)19)7-10-12(15)9(2)16-17-10/h11,19H,3-8H2,1-2H3,(H,16,17)(H,20,21)/t11-,14-/m0/s1. The van der Waals surface area contributed by atoms with Gasteiger partial charge < -0.3 is 10.2 Å². The lowest BCUT2D eigenvalue weighted by atomic mass is 9.73. The number of aliphatic hydroxyl groups excluding tert-OH is 1. The number of halogens is 1. The molecule has 118 valence electrons. The molecular weight excluding hydrogens is 294 g/mol. The van der Waals surface area contributed by atoms with E-state index in [9.17, 15) is 15.0 Å². The third kappa shape index (κ3) is 3.07. The average Bonchev–Trinajstić information content (AvgIpc) is 2.74. The Morgan fingerprint density at radius 2 is 2.33 bits per heavy atom. The van der Waals surface area contributed by atoms with E-state index >= 15 is 0 Å². The maximum atomic E-state index is 11.6. The van der Waals surface area contributed by atoms with Gasteiger partial charge in [-0.05, 0) is 26.3 Å². The van der Waals surface area contributed by atoms with Gasteiger partial charge in [-0.3, -0.25) is 14.8 Å². The number of nitrogens with zero attached hydrogens (tertiary/aromatic N) is 2. The lowest BCUT2D eigenvalue weighted by Crippen LogP contribution is -2.54. The molecule has 0 unspecified atom stereocenters. The fraction of sp³-hybridized carbons (Fsp3) is 0.714. The average molecular weight is 316 g/mol. The van der Waals surface area contributed by atoms with Crippen LogP contribution in [0.25, 0.3) is 0 Å². The van der Waals surface area contributed by atoms with E-state index < -0.39 is 17.5 Å². The number of carbonyl (C=O) groups is 1. The second-order valence-corrected chi connectivity index (χ2v) is 6.20. The molecule has 0 amide bonds. The number of piperidine rings is 1. The zero-order chi connectivity index (χ0) is 15.6. The first kappa shape index (κ1) is 16.3. The van der Waals surface area contributed by atoms with Gasteiger partial charge >= 0.3 is 5.97 Å². The van der Waals surface area contributed by atoms with Gasteiger partial charge in [-0.1, -0.05) is 24.9 Å². The number of nitrogens with one attached hydrogen (secondary N) is 1. The normalized spacial score (nSPS) is 27.0. The Bertz CT molecular complexity index is 520. The Morgan fingerprint density at radius 1 is 1.62 bits per heavy atom. The fourth-order valence-corrected chi connectivity index (χ4v) is 3.20. The van der Waals surface area contributed by atoms with Crippen LogP contribution in [0.4, 0.5) is 0 Å². The zero-order valence-electron chi connectivity index (χ0n) is 12.4. The Morgan fingerprint density at radius 3 is 2.81 bits per heavy atom. The van der Waals surface area contributed by atoms with Crippen LogP contribution in [0.5, 0.6) is 0 Å². The second kappa shape index (κ2) is 6.34. The van der Waals surface area contributed by atoms with Crippen LogP contribution >= 0.6 is 11.6 Å². The Hall–Kier alpha value is -1.11. The molecule has 0 saturated carbocycles. The van der Waals surface area contributed by atoms with Crippen LogP contribution in [0.3, 0.4) is 0 Å². The lowest BCUT2D eigenvalue weighted by molar-refractivity contribution is -0.164. The summed E-state index contributed by atoms with van der Waals surface area (Å²) in [5.74, 6) is -0.898. The van der Waals surface area contributed by atoms with Crippen molar-refractivity contribution in [2.75, 3.05) is 13.1 Å². The van der Waals surface area contributed by atoms with Crippen molar-refractivity contribution in [1.29, 1.82) is 0 Å². The van der Waals surface area contributed by atoms with Crippen LogP contribution in [0.2, 0.25) is 5.02 Å². The Labute approximate surface area is 129 Å². The number of aliphatic carboxylic acids is 1. The monoisotopic (exact) mass is 315 g/mol. The SMILES string of the molecule is CCC[C@]1(C(=O)O)CCN(Cc2n[nH]c(C)c2Cl)C[C@@H]1O. The molecule has 1 aliphatic rings. The number of carboxylic acids is 1. The van der Waals surface area contributed by atoms with Gasteiger partial charge in [0.05, 0.1) is 27.9 Å². The van der Waals surface area contributed by atoms with E-state index in [-0.39, 0.29) is 0 Å². The van der Waals surface area contributed by atoms with E-state index in [1.165, 1.54) is 0 Å². The van der Waals surface area contributed by atoms with Crippen LogP contribution in [0, 0.1) is 12.3 Å². The van der Waals surface area contributed by atoms with Crippen LogP contribution in [0.1, 0.15) is 37.6 Å². The van der Waals surface area contributed by atoms with Gasteiger partial charge in [0.1, 0.15) is 0 Å². The Balaban J connectivity index is 2.06. The van der Waals surface area contributed by atoms with Gasteiger partial charge in [0.15, 0.2) is 0 Å². The van der Waals surface area contributed by atoms with E-state index in [1.807, 2.05) is 18.7 Å². The number of hydrogen-bond donors (Lipinski definition) is 3. The summed E-state index contributed by atoms with van der Waals surface area (Å²) >= 11 is 6.14. The van der Waals surface area contributed by atoms with Crippen molar-refractivity contribution in [3.8, 4) is 0 Å². The molecule has 0 bridgehead atoms. The summed E-state index contributed by atoms with van der Waals surface area (Å²) in [6.45, 7) is 5.25. The number of aryl methyl sites for hydroxylation is 1. The molecule has 1 aliphatic heterocycles. The van der Waals surface area contributed by atoms with Gasteiger partial charge in [0.2, 0.25) is 0 Å². The minimum absolute atomic E-state index is 0.328. The van der Waals surface area contributed by atoms with Gasteiger partial charge in [0, 0.05) is 13.1 Å². The van der Waals surface area contributed by atoms with E-state index in [0.717, 1.165) is 17.8 Å². The van der Waals surface area contributed by atoms with Crippen LogP contribution in [0.15, 0.2) is 0 Å². The van der Waals surface area contributed by atoms with Crippen LogP contribution in [-0.4, -0.2) is 50.5 Å². The highest BCUT2D eigenvalue weighted by Gasteiger charge is 2.47. The molecule has 21 heavy (non-hydrogen) atoms. The quantitative estimate of drug-likeness (QED) is 0.771. The van der Waals surface area contributed by atoms with E-state index in [4.69, 9.17) is 11.6 Å². The summed E-state index contributed by atoms with van der Waals surface area (Å²) in [6.07, 6.45) is 0.814. The molecule has 1 aromatic rings. The number of rotatable bonds is 5. The maximum absolute atomic E-state index is 11.6. The number of aliphatic hydroxyl groups is 1. The molecule has 2 heterocycles. The number of carboxylic acid groups (broad SMARTS) is 1. The molecule has 6 nitrogen and oxygen atoms in total. The zero-order valence-corrected chi connectivity index (χ0v) is 13.2. The molecule has 0 aliphatic carbocycles. The van der Waals surface area contributed by atoms with E-state index in [0.29, 0.717) is 37.5 Å². The molecule has 3 N–H and O–H groups in total. The summed E-state index contributed by atoms with van der Waals surface area (Å²) in [5, 5.41) is 27.4. The van der Waals surface area contributed by atoms with Crippen LogP contribution in [-0.2, 0) is 11.3 Å². The minimum Gasteiger partial charge on any atom is -0.481 e. The molecule has 0 spiro atoms. The summed E-state index contributed by atoms with van der Waals surface area (Å²) < 4.78 is 0. The molecule has 0 radical (unpaired) electrons. The summed E-state index contributed by atoms with van der Waals surface area (Å²) in [6, 6.07) is 0. The topological polar surface area (TPSA) is 89.5 Å². The molecule has 1 saturated heterocycles. The highest BCUT2D eigenvalue weighted by atomic mass is 35.5. The summed E-state index contributed by atoms with van der Waals surface area (Å²) in [7, 11) is 0.